The summed E-state index contributed by atoms with van der Waals surface area (Å²) in [5.41, 5.74) is 1.57. The van der Waals surface area contributed by atoms with Crippen molar-refractivity contribution in [3.8, 4) is 0 Å². The molecule has 0 aliphatic heterocycles. The van der Waals surface area contributed by atoms with Gasteiger partial charge in [0.1, 0.15) is 0 Å². The van der Waals surface area contributed by atoms with Gasteiger partial charge in [0.25, 0.3) is 11.8 Å². The predicted octanol–water partition coefficient (Wildman–Crippen LogP) is 2.02. The number of benzene rings is 1. The van der Waals surface area contributed by atoms with Gasteiger partial charge in [-0.15, -0.1) is 11.3 Å². The van der Waals surface area contributed by atoms with Gasteiger partial charge < -0.3 is 16.0 Å². The molecule has 2 amide bonds. The van der Waals surface area contributed by atoms with Gasteiger partial charge >= 0.3 is 0 Å². The van der Waals surface area contributed by atoms with Crippen LogP contribution in [0, 0.1) is 0 Å². The number of likely N-dealkylation sites (N-methyl/N-ethyl adjacent to an activating group) is 1. The second-order valence-corrected chi connectivity index (χ2v) is 6.20. The average Bonchev–Trinajstić information content (AvgIpc) is 3.12. The number of nitrogens with one attached hydrogen (secondary N) is 3. The third-order valence-corrected chi connectivity index (χ3v) is 4.34. The summed E-state index contributed by atoms with van der Waals surface area (Å²) in [7, 11) is 1.86. The molecule has 122 valence electrons. The third-order valence-electron chi connectivity index (χ3n) is 3.48. The van der Waals surface area contributed by atoms with Crippen LogP contribution in [0.25, 0.3) is 0 Å². The molecule has 0 spiro atoms. The lowest BCUT2D eigenvalue weighted by atomic mass is 10.1. The van der Waals surface area contributed by atoms with E-state index in [1.807, 2.05) is 37.6 Å². The molecule has 6 heteroatoms. The van der Waals surface area contributed by atoms with Crippen LogP contribution in [0.15, 0.2) is 41.8 Å². The van der Waals surface area contributed by atoms with Gasteiger partial charge in [0.15, 0.2) is 0 Å². The van der Waals surface area contributed by atoms with Crippen molar-refractivity contribution in [2.45, 2.75) is 19.5 Å². The first-order chi connectivity index (χ1) is 11.1. The van der Waals surface area contributed by atoms with Gasteiger partial charge in [-0.2, -0.15) is 0 Å². The summed E-state index contributed by atoms with van der Waals surface area (Å²) in [5.74, 6) is -0.177. The second kappa shape index (κ2) is 8.45. The first kappa shape index (κ1) is 17.2. The van der Waals surface area contributed by atoms with Crippen molar-refractivity contribution in [3.63, 3.8) is 0 Å². The van der Waals surface area contributed by atoms with Gasteiger partial charge in [-0.1, -0.05) is 18.2 Å². The molecule has 0 aliphatic carbocycles. The van der Waals surface area contributed by atoms with Gasteiger partial charge in [-0.3, -0.25) is 9.59 Å². The second-order valence-electron chi connectivity index (χ2n) is 5.26. The minimum Gasteiger partial charge on any atom is -0.350 e. The molecule has 2 rings (SSSR count). The smallest absolute Gasteiger partial charge is 0.261 e. The van der Waals surface area contributed by atoms with Crippen molar-refractivity contribution in [2.24, 2.45) is 0 Å². The number of carbonyl (C=O) groups excluding carboxylic acids is 2. The summed E-state index contributed by atoms with van der Waals surface area (Å²) in [6.07, 6.45) is 0. The molecule has 0 saturated carbocycles. The highest BCUT2D eigenvalue weighted by Crippen LogP contribution is 2.09. The fourth-order valence-corrected chi connectivity index (χ4v) is 2.54. The van der Waals surface area contributed by atoms with E-state index in [0.717, 1.165) is 5.56 Å². The van der Waals surface area contributed by atoms with Crippen molar-refractivity contribution < 1.29 is 9.59 Å². The molecule has 5 nitrogen and oxygen atoms in total. The van der Waals surface area contributed by atoms with E-state index in [2.05, 4.69) is 16.0 Å². The lowest BCUT2D eigenvalue weighted by Gasteiger charge is -2.11. The highest BCUT2D eigenvalue weighted by Gasteiger charge is 2.08. The number of rotatable bonds is 7. The number of carbonyl (C=O) groups is 2. The van der Waals surface area contributed by atoms with Crippen LogP contribution >= 0.6 is 11.3 Å². The van der Waals surface area contributed by atoms with Crippen LogP contribution in [0.4, 0.5) is 0 Å². The Kier molecular flexibility index (Phi) is 6.31. The summed E-state index contributed by atoms with van der Waals surface area (Å²) < 4.78 is 0. The Morgan fingerprint density at radius 2 is 1.83 bits per heavy atom. The molecule has 1 atom stereocenters. The molecule has 1 unspecified atom stereocenters. The molecule has 0 fully saturated rings. The van der Waals surface area contributed by atoms with Gasteiger partial charge in [0, 0.05) is 24.7 Å². The van der Waals surface area contributed by atoms with E-state index in [1.165, 1.54) is 11.3 Å². The van der Waals surface area contributed by atoms with E-state index in [0.29, 0.717) is 23.5 Å². The lowest BCUT2D eigenvalue weighted by molar-refractivity contribution is 0.0943. The molecule has 0 bridgehead atoms. The number of thiophene rings is 1. The van der Waals surface area contributed by atoms with E-state index in [9.17, 15) is 9.59 Å². The van der Waals surface area contributed by atoms with Crippen molar-refractivity contribution in [3.05, 3.63) is 57.8 Å². The van der Waals surface area contributed by atoms with Crippen LogP contribution < -0.4 is 16.0 Å². The maximum Gasteiger partial charge on any atom is 0.261 e. The van der Waals surface area contributed by atoms with Gasteiger partial charge in [-0.25, -0.2) is 0 Å². The molecule has 3 N–H and O–H groups in total. The summed E-state index contributed by atoms with van der Waals surface area (Å²) in [6.45, 7) is 3.02. The van der Waals surface area contributed by atoms with Gasteiger partial charge in [0.05, 0.1) is 4.88 Å². The Bertz CT molecular complexity index is 638. The Morgan fingerprint density at radius 1 is 1.09 bits per heavy atom. The van der Waals surface area contributed by atoms with Crippen molar-refractivity contribution in [1.29, 1.82) is 0 Å². The zero-order valence-corrected chi connectivity index (χ0v) is 14.1. The Labute approximate surface area is 140 Å². The van der Waals surface area contributed by atoms with Crippen molar-refractivity contribution in [2.75, 3.05) is 13.6 Å². The molecule has 23 heavy (non-hydrogen) atoms. The van der Waals surface area contributed by atoms with Crippen LogP contribution in [-0.4, -0.2) is 31.4 Å². The predicted molar refractivity (Wildman–Crippen MR) is 92.8 cm³/mol. The lowest BCUT2D eigenvalue weighted by Crippen LogP contribution is -2.37. The van der Waals surface area contributed by atoms with E-state index in [-0.39, 0.29) is 17.9 Å². The zero-order chi connectivity index (χ0) is 16.7. The van der Waals surface area contributed by atoms with Crippen LogP contribution in [0.2, 0.25) is 0 Å². The zero-order valence-electron chi connectivity index (χ0n) is 13.3. The standard InChI is InChI=1S/C17H21N3O2S/c1-12(18-2)10-19-16(21)14-7-5-13(6-8-14)11-20-17(22)15-4-3-9-23-15/h3-9,12,18H,10-11H2,1-2H3,(H,19,21)(H,20,22). The average molecular weight is 331 g/mol. The minimum atomic E-state index is -0.0960. The van der Waals surface area contributed by atoms with Crippen molar-refractivity contribution in [1.82, 2.24) is 16.0 Å². The highest BCUT2D eigenvalue weighted by atomic mass is 32.1. The summed E-state index contributed by atoms with van der Waals surface area (Å²) in [4.78, 5) is 24.5. The minimum absolute atomic E-state index is 0.0807. The SMILES string of the molecule is CNC(C)CNC(=O)c1ccc(CNC(=O)c2cccs2)cc1. The first-order valence-corrected chi connectivity index (χ1v) is 8.34. The molecule has 2 aromatic rings. The largest absolute Gasteiger partial charge is 0.350 e. The summed E-state index contributed by atoms with van der Waals surface area (Å²) in [6, 6.07) is 11.1. The monoisotopic (exact) mass is 331 g/mol. The van der Waals surface area contributed by atoms with Crippen LogP contribution in [-0.2, 0) is 6.54 Å². The highest BCUT2D eigenvalue weighted by molar-refractivity contribution is 7.12. The molecular weight excluding hydrogens is 310 g/mol. The molecular formula is C17H21N3O2S. The quantitative estimate of drug-likeness (QED) is 0.727. The Morgan fingerprint density at radius 3 is 2.43 bits per heavy atom. The van der Waals surface area contributed by atoms with E-state index >= 15 is 0 Å². The molecule has 0 saturated heterocycles. The Hall–Kier alpha value is -2.18. The van der Waals surface area contributed by atoms with Crippen LogP contribution in [0.1, 0.15) is 32.5 Å². The Balaban J connectivity index is 1.84. The summed E-state index contributed by atoms with van der Waals surface area (Å²) >= 11 is 1.41. The molecule has 0 aliphatic rings. The topological polar surface area (TPSA) is 70.2 Å². The normalized spacial score (nSPS) is 11.7. The van der Waals surface area contributed by atoms with E-state index in [1.54, 1.807) is 18.2 Å². The first-order valence-electron chi connectivity index (χ1n) is 7.46. The number of amides is 2. The van der Waals surface area contributed by atoms with Gasteiger partial charge in [-0.05, 0) is 43.1 Å². The molecule has 1 aromatic heterocycles. The van der Waals surface area contributed by atoms with Crippen LogP contribution in [0.5, 0.6) is 0 Å². The maximum atomic E-state index is 12.0. The fourth-order valence-electron chi connectivity index (χ4n) is 1.90. The van der Waals surface area contributed by atoms with Crippen LogP contribution in [0.3, 0.4) is 0 Å². The summed E-state index contributed by atoms with van der Waals surface area (Å²) in [5, 5.41) is 10.7. The van der Waals surface area contributed by atoms with Gasteiger partial charge in [0.2, 0.25) is 0 Å². The molecule has 1 heterocycles. The number of hydrogen-bond donors (Lipinski definition) is 3. The number of hydrogen-bond acceptors (Lipinski definition) is 4. The van der Waals surface area contributed by atoms with E-state index in [4.69, 9.17) is 0 Å². The third kappa shape index (κ3) is 5.19. The fraction of sp³-hybridized carbons (Fsp3) is 0.294. The molecule has 1 aromatic carbocycles. The maximum absolute atomic E-state index is 12.0. The van der Waals surface area contributed by atoms with E-state index < -0.39 is 0 Å². The van der Waals surface area contributed by atoms with Crippen molar-refractivity contribution >= 4 is 23.2 Å². The molecule has 0 radical (unpaired) electrons.